The van der Waals surface area contributed by atoms with Gasteiger partial charge in [-0.15, -0.1) is 13.2 Å². The number of nitrogens with two attached hydrogens (primary N) is 1. The fraction of sp³-hybridized carbons (Fsp3) is 0.350. The summed E-state index contributed by atoms with van der Waals surface area (Å²) in [6.07, 6.45) is -2.99. The first kappa shape index (κ1) is 20.2. The molecular weight excluding hydrogens is 371 g/mol. The van der Waals surface area contributed by atoms with Gasteiger partial charge in [0.05, 0.1) is 0 Å². The number of halogens is 3. The molecule has 0 bridgehead atoms. The van der Waals surface area contributed by atoms with Crippen molar-refractivity contribution in [2.45, 2.75) is 37.8 Å². The van der Waals surface area contributed by atoms with Crippen LogP contribution in [0.1, 0.15) is 40.4 Å². The van der Waals surface area contributed by atoms with E-state index in [-0.39, 0.29) is 35.5 Å². The molecule has 1 heterocycles. The molecule has 0 radical (unpaired) electrons. The molecule has 0 saturated carbocycles. The van der Waals surface area contributed by atoms with Crippen LogP contribution in [0.2, 0.25) is 0 Å². The van der Waals surface area contributed by atoms with E-state index in [1.54, 1.807) is 0 Å². The molecule has 1 aliphatic rings. The van der Waals surface area contributed by atoms with Crippen LogP contribution >= 0.6 is 0 Å². The molecule has 5 nitrogen and oxygen atoms in total. The standard InChI is InChI=1S/C20H22F3N3O2/c21-20(22,23)28-17-9-8-14(19(24)27)11-15(17)12-26-16-7-4-10-25-18(16)13-5-2-1-3-6-13/h1-3,5-6,8-9,11,16,18,25-26H,4,7,10,12H2,(H2,24,27)/t16-,18-/m0/s1. The molecule has 2 aromatic carbocycles. The van der Waals surface area contributed by atoms with E-state index in [1.807, 2.05) is 30.3 Å². The third-order valence-corrected chi connectivity index (χ3v) is 4.74. The van der Waals surface area contributed by atoms with Crippen LogP contribution in [0.4, 0.5) is 13.2 Å². The lowest BCUT2D eigenvalue weighted by Gasteiger charge is -2.34. The number of primary amides is 1. The Morgan fingerprint density at radius 3 is 2.64 bits per heavy atom. The molecule has 0 spiro atoms. The molecule has 1 amide bonds. The van der Waals surface area contributed by atoms with E-state index in [0.29, 0.717) is 0 Å². The molecule has 4 N–H and O–H groups in total. The quantitative estimate of drug-likeness (QED) is 0.704. The van der Waals surface area contributed by atoms with Crippen LogP contribution in [0.5, 0.6) is 5.75 Å². The van der Waals surface area contributed by atoms with E-state index in [1.165, 1.54) is 12.1 Å². The number of amides is 1. The van der Waals surface area contributed by atoms with Crippen molar-refractivity contribution >= 4 is 5.91 Å². The van der Waals surface area contributed by atoms with E-state index in [9.17, 15) is 18.0 Å². The van der Waals surface area contributed by atoms with Crippen LogP contribution in [0.3, 0.4) is 0 Å². The molecule has 1 aliphatic heterocycles. The van der Waals surface area contributed by atoms with Gasteiger partial charge >= 0.3 is 6.36 Å². The topological polar surface area (TPSA) is 76.4 Å². The molecule has 0 unspecified atom stereocenters. The smallest absolute Gasteiger partial charge is 0.405 e. The molecule has 28 heavy (non-hydrogen) atoms. The van der Waals surface area contributed by atoms with Gasteiger partial charge < -0.3 is 21.1 Å². The Hall–Kier alpha value is -2.58. The van der Waals surface area contributed by atoms with Gasteiger partial charge in [0.2, 0.25) is 5.91 Å². The summed E-state index contributed by atoms with van der Waals surface area (Å²) in [5.74, 6) is -1.05. The summed E-state index contributed by atoms with van der Waals surface area (Å²) in [5, 5.41) is 6.77. The predicted octanol–water partition coefficient (Wildman–Crippen LogP) is 3.27. The molecule has 2 atom stereocenters. The third-order valence-electron chi connectivity index (χ3n) is 4.74. The molecule has 8 heteroatoms. The second-order valence-corrected chi connectivity index (χ2v) is 6.71. The van der Waals surface area contributed by atoms with Crippen LogP contribution in [0.15, 0.2) is 48.5 Å². The number of carbonyl (C=O) groups excluding carboxylic acids is 1. The van der Waals surface area contributed by atoms with Crippen molar-refractivity contribution in [3.8, 4) is 5.75 Å². The van der Waals surface area contributed by atoms with Crippen LogP contribution < -0.4 is 21.1 Å². The number of hydrogen-bond acceptors (Lipinski definition) is 4. The monoisotopic (exact) mass is 393 g/mol. The number of hydrogen-bond donors (Lipinski definition) is 3. The minimum absolute atomic E-state index is 0.0205. The first-order chi connectivity index (χ1) is 13.3. The van der Waals surface area contributed by atoms with Crippen molar-refractivity contribution in [3.63, 3.8) is 0 Å². The van der Waals surface area contributed by atoms with Gasteiger partial charge in [-0.1, -0.05) is 30.3 Å². The van der Waals surface area contributed by atoms with Gasteiger partial charge in [-0.05, 0) is 43.1 Å². The second-order valence-electron chi connectivity index (χ2n) is 6.71. The molecule has 0 aromatic heterocycles. The molecule has 0 aliphatic carbocycles. The van der Waals surface area contributed by atoms with Crippen molar-refractivity contribution in [1.29, 1.82) is 0 Å². The van der Waals surface area contributed by atoms with Gasteiger partial charge in [0.15, 0.2) is 0 Å². The maximum absolute atomic E-state index is 12.7. The summed E-state index contributed by atoms with van der Waals surface area (Å²) < 4.78 is 42.3. The fourth-order valence-corrected chi connectivity index (χ4v) is 3.46. The SMILES string of the molecule is NC(=O)c1ccc(OC(F)(F)F)c(CN[C@H]2CCCN[C@H]2c2ccccc2)c1. The average molecular weight is 393 g/mol. The zero-order valence-corrected chi connectivity index (χ0v) is 15.1. The number of nitrogens with one attached hydrogen (secondary N) is 2. The molecule has 150 valence electrons. The molecule has 2 aromatic rings. The van der Waals surface area contributed by atoms with Crippen molar-refractivity contribution in [2.24, 2.45) is 5.73 Å². The van der Waals surface area contributed by atoms with Gasteiger partial charge in [0.1, 0.15) is 5.75 Å². The maximum atomic E-state index is 12.7. The summed E-state index contributed by atoms with van der Waals surface area (Å²) in [7, 11) is 0. The lowest BCUT2D eigenvalue weighted by Crippen LogP contribution is -2.45. The summed E-state index contributed by atoms with van der Waals surface area (Å²) in [5.41, 5.74) is 6.73. The summed E-state index contributed by atoms with van der Waals surface area (Å²) in [6, 6.07) is 13.6. The fourth-order valence-electron chi connectivity index (χ4n) is 3.46. The van der Waals surface area contributed by atoms with Gasteiger partial charge in [-0.3, -0.25) is 4.79 Å². The average Bonchev–Trinajstić information content (AvgIpc) is 2.67. The number of piperidine rings is 1. The van der Waals surface area contributed by atoms with Crippen LogP contribution in [-0.2, 0) is 6.54 Å². The highest BCUT2D eigenvalue weighted by Crippen LogP contribution is 2.29. The van der Waals surface area contributed by atoms with Crippen LogP contribution in [-0.4, -0.2) is 24.9 Å². The van der Waals surface area contributed by atoms with Crippen molar-refractivity contribution in [3.05, 3.63) is 65.2 Å². The van der Waals surface area contributed by atoms with E-state index in [0.717, 1.165) is 31.0 Å². The Kier molecular flexibility index (Phi) is 6.21. The molecule has 1 saturated heterocycles. The Bertz CT molecular complexity index is 812. The van der Waals surface area contributed by atoms with E-state index < -0.39 is 12.3 Å². The Labute approximate surface area is 161 Å². The lowest BCUT2D eigenvalue weighted by molar-refractivity contribution is -0.274. The highest BCUT2D eigenvalue weighted by molar-refractivity contribution is 5.93. The maximum Gasteiger partial charge on any atom is 0.573 e. The van der Waals surface area contributed by atoms with E-state index in [4.69, 9.17) is 5.73 Å². The normalized spacial score (nSPS) is 20.0. The zero-order chi connectivity index (χ0) is 20.1. The zero-order valence-electron chi connectivity index (χ0n) is 15.1. The first-order valence-electron chi connectivity index (χ1n) is 9.03. The van der Waals surface area contributed by atoms with Gasteiger partial charge in [0, 0.05) is 29.8 Å². The number of rotatable bonds is 6. The summed E-state index contributed by atoms with van der Waals surface area (Å²) in [4.78, 5) is 11.4. The van der Waals surface area contributed by atoms with Gasteiger partial charge in [-0.25, -0.2) is 0 Å². The van der Waals surface area contributed by atoms with Crippen molar-refractivity contribution in [1.82, 2.24) is 10.6 Å². The van der Waals surface area contributed by atoms with Crippen LogP contribution in [0, 0.1) is 0 Å². The first-order valence-corrected chi connectivity index (χ1v) is 9.03. The van der Waals surface area contributed by atoms with Crippen molar-refractivity contribution < 1.29 is 22.7 Å². The Morgan fingerprint density at radius 2 is 1.96 bits per heavy atom. The molecule has 1 fully saturated rings. The Morgan fingerprint density at radius 1 is 1.21 bits per heavy atom. The largest absolute Gasteiger partial charge is 0.573 e. The Balaban J connectivity index is 1.79. The highest BCUT2D eigenvalue weighted by atomic mass is 19.4. The minimum atomic E-state index is -4.82. The number of ether oxygens (including phenoxy) is 1. The summed E-state index contributed by atoms with van der Waals surface area (Å²) in [6.45, 7) is 0.986. The molecular formula is C20H22F3N3O2. The van der Waals surface area contributed by atoms with Gasteiger partial charge in [0.25, 0.3) is 0 Å². The predicted molar refractivity (Wildman–Crippen MR) is 98.7 cm³/mol. The van der Waals surface area contributed by atoms with Gasteiger partial charge in [-0.2, -0.15) is 0 Å². The van der Waals surface area contributed by atoms with Crippen molar-refractivity contribution in [2.75, 3.05) is 6.54 Å². The minimum Gasteiger partial charge on any atom is -0.405 e. The van der Waals surface area contributed by atoms with E-state index >= 15 is 0 Å². The third kappa shape index (κ3) is 5.24. The lowest BCUT2D eigenvalue weighted by atomic mass is 9.92. The number of benzene rings is 2. The van der Waals surface area contributed by atoms with Crippen LogP contribution in [0.25, 0.3) is 0 Å². The number of carbonyl (C=O) groups is 1. The summed E-state index contributed by atoms with van der Waals surface area (Å²) >= 11 is 0. The highest BCUT2D eigenvalue weighted by Gasteiger charge is 2.32. The number of alkyl halides is 3. The molecule has 3 rings (SSSR count). The van der Waals surface area contributed by atoms with E-state index in [2.05, 4.69) is 15.4 Å². The second kappa shape index (κ2) is 8.62.